The van der Waals surface area contributed by atoms with Crippen molar-refractivity contribution in [2.75, 3.05) is 19.7 Å². The van der Waals surface area contributed by atoms with Gasteiger partial charge in [-0.25, -0.2) is 0 Å². The standard InChI is InChI=1S/C12H17N3O3/c1-4-10(16)15-5-6-17-9(7-15)12-14-13-11(18-12)8(2)3/h4,8-9H,1,5-7H2,2-3H3/t9-/m1/s1. The predicted octanol–water partition coefficient (Wildman–Crippen LogP) is 1.28. The van der Waals surface area contributed by atoms with Crippen LogP contribution in [0.5, 0.6) is 0 Å². The van der Waals surface area contributed by atoms with E-state index >= 15 is 0 Å². The summed E-state index contributed by atoms with van der Waals surface area (Å²) in [7, 11) is 0. The van der Waals surface area contributed by atoms with E-state index in [1.165, 1.54) is 6.08 Å². The topological polar surface area (TPSA) is 68.5 Å². The second kappa shape index (κ2) is 5.30. The number of aromatic nitrogens is 2. The fourth-order valence-corrected chi connectivity index (χ4v) is 1.74. The van der Waals surface area contributed by atoms with E-state index in [0.717, 1.165) is 0 Å². The van der Waals surface area contributed by atoms with E-state index in [0.29, 0.717) is 31.5 Å². The Morgan fingerprint density at radius 2 is 2.33 bits per heavy atom. The first-order valence-corrected chi connectivity index (χ1v) is 5.98. The molecule has 1 aromatic heterocycles. The molecule has 2 rings (SSSR count). The number of rotatable bonds is 3. The Labute approximate surface area is 106 Å². The number of carbonyl (C=O) groups is 1. The zero-order valence-electron chi connectivity index (χ0n) is 10.6. The largest absolute Gasteiger partial charge is 0.422 e. The fraction of sp³-hybridized carbons (Fsp3) is 0.583. The Kier molecular flexibility index (Phi) is 3.76. The van der Waals surface area contributed by atoms with E-state index in [4.69, 9.17) is 9.15 Å². The van der Waals surface area contributed by atoms with Crippen LogP contribution in [-0.2, 0) is 9.53 Å². The van der Waals surface area contributed by atoms with Crippen LogP contribution in [0.1, 0.15) is 37.7 Å². The Balaban J connectivity index is 2.08. The van der Waals surface area contributed by atoms with Crippen LogP contribution in [0.15, 0.2) is 17.1 Å². The lowest BCUT2D eigenvalue weighted by Crippen LogP contribution is -2.41. The molecule has 1 aliphatic heterocycles. The highest BCUT2D eigenvalue weighted by Gasteiger charge is 2.28. The minimum absolute atomic E-state index is 0.105. The summed E-state index contributed by atoms with van der Waals surface area (Å²) in [5.41, 5.74) is 0. The summed E-state index contributed by atoms with van der Waals surface area (Å²) in [5.74, 6) is 1.09. The van der Waals surface area contributed by atoms with Crippen LogP contribution in [0.3, 0.4) is 0 Å². The van der Waals surface area contributed by atoms with Gasteiger partial charge in [0.15, 0.2) is 6.10 Å². The zero-order valence-corrected chi connectivity index (χ0v) is 10.6. The first kappa shape index (κ1) is 12.8. The molecule has 6 nitrogen and oxygen atoms in total. The molecule has 0 bridgehead atoms. The van der Waals surface area contributed by atoms with Crippen LogP contribution >= 0.6 is 0 Å². The molecule has 0 aromatic carbocycles. The smallest absolute Gasteiger partial charge is 0.247 e. The van der Waals surface area contributed by atoms with Gasteiger partial charge in [-0.1, -0.05) is 20.4 Å². The van der Waals surface area contributed by atoms with E-state index < -0.39 is 0 Å². The molecule has 2 heterocycles. The molecule has 1 fully saturated rings. The van der Waals surface area contributed by atoms with E-state index in [-0.39, 0.29) is 17.9 Å². The maximum Gasteiger partial charge on any atom is 0.247 e. The molecular weight excluding hydrogens is 234 g/mol. The van der Waals surface area contributed by atoms with E-state index in [2.05, 4.69) is 16.8 Å². The van der Waals surface area contributed by atoms with Crippen LogP contribution in [0.25, 0.3) is 0 Å². The number of hydrogen-bond acceptors (Lipinski definition) is 5. The molecule has 1 saturated heterocycles. The summed E-state index contributed by atoms with van der Waals surface area (Å²) in [5, 5.41) is 7.94. The van der Waals surface area contributed by atoms with Gasteiger partial charge in [0.25, 0.3) is 0 Å². The normalized spacial score (nSPS) is 20.2. The van der Waals surface area contributed by atoms with Crippen LogP contribution in [0.2, 0.25) is 0 Å². The minimum Gasteiger partial charge on any atom is -0.422 e. The summed E-state index contributed by atoms with van der Waals surface area (Å²) in [4.78, 5) is 13.2. The number of morpholine rings is 1. The Bertz CT molecular complexity index is 442. The first-order valence-electron chi connectivity index (χ1n) is 5.98. The average Bonchev–Trinajstić information content (AvgIpc) is 2.88. The lowest BCUT2D eigenvalue weighted by molar-refractivity contribution is -0.134. The van der Waals surface area contributed by atoms with E-state index in [9.17, 15) is 4.79 Å². The number of ether oxygens (including phenoxy) is 1. The van der Waals surface area contributed by atoms with Gasteiger partial charge in [-0.3, -0.25) is 4.79 Å². The second-order valence-corrected chi connectivity index (χ2v) is 4.48. The van der Waals surface area contributed by atoms with Crippen molar-refractivity contribution < 1.29 is 13.9 Å². The third-order valence-electron chi connectivity index (χ3n) is 2.78. The van der Waals surface area contributed by atoms with Crippen molar-refractivity contribution >= 4 is 5.91 Å². The van der Waals surface area contributed by atoms with Crippen molar-refractivity contribution in [3.63, 3.8) is 0 Å². The summed E-state index contributed by atoms with van der Waals surface area (Å²) < 4.78 is 11.1. The predicted molar refractivity (Wildman–Crippen MR) is 63.9 cm³/mol. The highest BCUT2D eigenvalue weighted by Crippen LogP contribution is 2.23. The van der Waals surface area contributed by atoms with Crippen molar-refractivity contribution in [1.82, 2.24) is 15.1 Å². The molecule has 6 heteroatoms. The van der Waals surface area contributed by atoms with Gasteiger partial charge in [0, 0.05) is 12.5 Å². The molecule has 0 N–H and O–H groups in total. The summed E-state index contributed by atoms with van der Waals surface area (Å²) in [6.45, 7) is 8.88. The number of nitrogens with zero attached hydrogens (tertiary/aromatic N) is 3. The Hall–Kier alpha value is -1.69. The number of hydrogen-bond donors (Lipinski definition) is 0. The molecule has 0 radical (unpaired) electrons. The lowest BCUT2D eigenvalue weighted by Gasteiger charge is -2.30. The summed E-state index contributed by atoms with van der Waals surface area (Å²) in [6.07, 6.45) is 0.957. The van der Waals surface area contributed by atoms with Crippen molar-refractivity contribution in [2.45, 2.75) is 25.9 Å². The third-order valence-corrected chi connectivity index (χ3v) is 2.78. The number of amides is 1. The van der Waals surface area contributed by atoms with Crippen molar-refractivity contribution in [3.05, 3.63) is 24.4 Å². The highest BCUT2D eigenvalue weighted by atomic mass is 16.5. The molecule has 98 valence electrons. The van der Waals surface area contributed by atoms with Crippen molar-refractivity contribution in [1.29, 1.82) is 0 Å². The first-order chi connectivity index (χ1) is 8.61. The molecule has 1 aromatic rings. The van der Waals surface area contributed by atoms with Gasteiger partial charge in [0.2, 0.25) is 17.7 Å². The molecule has 0 unspecified atom stereocenters. The van der Waals surface area contributed by atoms with Gasteiger partial charge in [0.1, 0.15) is 0 Å². The minimum atomic E-state index is -0.345. The molecule has 1 atom stereocenters. The average molecular weight is 251 g/mol. The Morgan fingerprint density at radius 1 is 1.56 bits per heavy atom. The SMILES string of the molecule is C=CC(=O)N1CCO[C@@H](c2nnc(C(C)C)o2)C1. The molecular formula is C12H17N3O3. The maximum atomic E-state index is 11.5. The monoisotopic (exact) mass is 251 g/mol. The Morgan fingerprint density at radius 3 is 2.94 bits per heavy atom. The van der Waals surface area contributed by atoms with Crippen LogP contribution in [0.4, 0.5) is 0 Å². The van der Waals surface area contributed by atoms with E-state index in [1.54, 1.807) is 4.90 Å². The van der Waals surface area contributed by atoms with E-state index in [1.807, 2.05) is 13.8 Å². The van der Waals surface area contributed by atoms with Crippen LogP contribution in [0, 0.1) is 0 Å². The van der Waals surface area contributed by atoms with Crippen molar-refractivity contribution in [2.24, 2.45) is 0 Å². The lowest BCUT2D eigenvalue weighted by atomic mass is 10.2. The quantitative estimate of drug-likeness (QED) is 0.757. The summed E-state index contributed by atoms with van der Waals surface area (Å²) >= 11 is 0. The molecule has 18 heavy (non-hydrogen) atoms. The highest BCUT2D eigenvalue weighted by molar-refractivity contribution is 5.87. The van der Waals surface area contributed by atoms with Crippen molar-refractivity contribution in [3.8, 4) is 0 Å². The fourth-order valence-electron chi connectivity index (χ4n) is 1.74. The molecule has 1 aliphatic rings. The van der Waals surface area contributed by atoms with Gasteiger partial charge >= 0.3 is 0 Å². The van der Waals surface area contributed by atoms with Crippen LogP contribution < -0.4 is 0 Å². The maximum absolute atomic E-state index is 11.5. The second-order valence-electron chi connectivity index (χ2n) is 4.48. The molecule has 0 spiro atoms. The van der Waals surface area contributed by atoms with Gasteiger partial charge < -0.3 is 14.1 Å². The van der Waals surface area contributed by atoms with Gasteiger partial charge in [-0.05, 0) is 6.08 Å². The number of carbonyl (C=O) groups excluding carboxylic acids is 1. The molecule has 0 aliphatic carbocycles. The zero-order chi connectivity index (χ0) is 13.1. The third kappa shape index (κ3) is 2.59. The molecule has 0 saturated carbocycles. The van der Waals surface area contributed by atoms with Crippen LogP contribution in [-0.4, -0.2) is 40.7 Å². The van der Waals surface area contributed by atoms with Gasteiger partial charge in [-0.2, -0.15) is 0 Å². The van der Waals surface area contributed by atoms with Gasteiger partial charge in [0.05, 0.1) is 13.2 Å². The van der Waals surface area contributed by atoms with Gasteiger partial charge in [-0.15, -0.1) is 10.2 Å². The molecule has 1 amide bonds. The summed E-state index contributed by atoms with van der Waals surface area (Å²) in [6, 6.07) is 0.